The Kier molecular flexibility index (Phi) is 7.48. The van der Waals surface area contributed by atoms with Crippen LogP contribution in [0.3, 0.4) is 0 Å². The molecule has 5 nitrogen and oxygen atoms in total. The first-order valence-electron chi connectivity index (χ1n) is 11.9. The highest BCUT2D eigenvalue weighted by Crippen LogP contribution is 2.35. The fraction of sp³-hybridized carbons (Fsp3) is 0.138. The van der Waals surface area contributed by atoms with Crippen molar-refractivity contribution in [3.05, 3.63) is 107 Å². The summed E-state index contributed by atoms with van der Waals surface area (Å²) in [5.74, 6) is 0.204. The highest BCUT2D eigenvalue weighted by molar-refractivity contribution is 8.26. The number of nitrogens with zero attached hydrogens (tertiary/aromatic N) is 3. The quantitative estimate of drug-likeness (QED) is 0.184. The molecule has 186 valence electrons. The van der Waals surface area contributed by atoms with Crippen LogP contribution in [0, 0.1) is 5.82 Å². The largest absolute Gasteiger partial charge is 0.489 e. The molecule has 1 aromatic heterocycles. The van der Waals surface area contributed by atoms with Gasteiger partial charge in [-0.15, -0.1) is 0 Å². The highest BCUT2D eigenvalue weighted by atomic mass is 32.2. The summed E-state index contributed by atoms with van der Waals surface area (Å²) in [6, 6.07) is 23.8. The Hall–Kier alpha value is -3.75. The van der Waals surface area contributed by atoms with Crippen LogP contribution in [0.1, 0.15) is 24.5 Å². The topological polar surface area (TPSA) is 47.4 Å². The lowest BCUT2D eigenvalue weighted by atomic mass is 10.1. The minimum absolute atomic E-state index is 0.0859. The second-order valence-corrected chi connectivity index (χ2v) is 10.1. The molecule has 1 amide bonds. The van der Waals surface area contributed by atoms with Gasteiger partial charge >= 0.3 is 0 Å². The number of thiocarbonyl (C=S) groups is 1. The number of ether oxygens (including phenoxy) is 1. The normalized spacial score (nSPS) is 14.5. The lowest BCUT2D eigenvalue weighted by Gasteiger charge is -2.11. The number of amides is 1. The number of hydrogen-bond acceptors (Lipinski definition) is 5. The first kappa shape index (κ1) is 24.9. The maximum Gasteiger partial charge on any atom is 0.266 e. The zero-order valence-electron chi connectivity index (χ0n) is 20.1. The molecule has 0 radical (unpaired) electrons. The van der Waals surface area contributed by atoms with Crippen LogP contribution in [0.15, 0.2) is 90.0 Å². The van der Waals surface area contributed by atoms with Crippen LogP contribution >= 0.6 is 24.0 Å². The van der Waals surface area contributed by atoms with Gasteiger partial charge in [0.15, 0.2) is 0 Å². The lowest BCUT2D eigenvalue weighted by molar-refractivity contribution is -0.122. The Bertz CT molecular complexity index is 1480. The monoisotopic (exact) mass is 529 g/mol. The Labute approximate surface area is 224 Å². The van der Waals surface area contributed by atoms with Gasteiger partial charge in [0.1, 0.15) is 28.2 Å². The molecule has 1 aliphatic rings. The second-order valence-electron chi connectivity index (χ2n) is 8.45. The van der Waals surface area contributed by atoms with E-state index in [1.165, 1.54) is 17.8 Å². The van der Waals surface area contributed by atoms with Gasteiger partial charge in [-0.1, -0.05) is 79.4 Å². The standard InChI is InChI=1S/C29H24FN3O2S2/c1-2-15-32-28(34)26(37-29(32)36)17-22-18-33(23-11-4-3-5-12-23)31-27(22)20-10-8-13-24(16-20)35-19-21-9-6-7-14-25(21)30/h3-14,16-18H,2,15,19H2,1H3. The number of rotatable bonds is 8. The van der Waals surface area contributed by atoms with Crippen molar-refractivity contribution >= 4 is 40.3 Å². The maximum atomic E-state index is 14.0. The van der Waals surface area contributed by atoms with Gasteiger partial charge in [0, 0.05) is 29.4 Å². The van der Waals surface area contributed by atoms with E-state index in [-0.39, 0.29) is 18.3 Å². The Morgan fingerprint density at radius 1 is 1.05 bits per heavy atom. The molecule has 0 atom stereocenters. The summed E-state index contributed by atoms with van der Waals surface area (Å²) in [6.07, 6.45) is 4.59. The molecule has 2 heterocycles. The molecule has 37 heavy (non-hydrogen) atoms. The van der Waals surface area contributed by atoms with E-state index in [0.29, 0.717) is 32.8 Å². The number of para-hydroxylation sites is 1. The second kappa shape index (κ2) is 11.1. The van der Waals surface area contributed by atoms with Gasteiger partial charge in [-0.05, 0) is 42.8 Å². The predicted octanol–water partition coefficient (Wildman–Crippen LogP) is 6.87. The Morgan fingerprint density at radius 3 is 2.62 bits per heavy atom. The number of hydrogen-bond donors (Lipinski definition) is 0. The summed E-state index contributed by atoms with van der Waals surface area (Å²) in [7, 11) is 0. The fourth-order valence-corrected chi connectivity index (χ4v) is 5.30. The summed E-state index contributed by atoms with van der Waals surface area (Å²) < 4.78 is 22.3. The third-order valence-electron chi connectivity index (χ3n) is 5.83. The zero-order valence-corrected chi connectivity index (χ0v) is 21.8. The molecular formula is C29H24FN3O2S2. The molecule has 5 rings (SSSR count). The molecule has 3 aromatic carbocycles. The van der Waals surface area contributed by atoms with Crippen molar-refractivity contribution in [3.8, 4) is 22.7 Å². The average Bonchev–Trinajstić information content (AvgIpc) is 3.46. The minimum atomic E-state index is -0.303. The van der Waals surface area contributed by atoms with Crippen LogP contribution in [0.2, 0.25) is 0 Å². The van der Waals surface area contributed by atoms with Crippen LogP contribution in [0.5, 0.6) is 5.75 Å². The van der Waals surface area contributed by atoms with Crippen molar-refractivity contribution in [2.45, 2.75) is 20.0 Å². The van der Waals surface area contributed by atoms with Gasteiger partial charge < -0.3 is 4.74 Å². The average molecular weight is 530 g/mol. The minimum Gasteiger partial charge on any atom is -0.489 e. The molecule has 1 fully saturated rings. The van der Waals surface area contributed by atoms with E-state index in [1.807, 2.05) is 73.8 Å². The Balaban J connectivity index is 1.50. The number of halogens is 1. The van der Waals surface area contributed by atoms with E-state index in [1.54, 1.807) is 27.8 Å². The molecule has 0 bridgehead atoms. The number of aromatic nitrogens is 2. The first-order chi connectivity index (χ1) is 18.0. The highest BCUT2D eigenvalue weighted by Gasteiger charge is 2.31. The Morgan fingerprint density at radius 2 is 1.84 bits per heavy atom. The van der Waals surface area contributed by atoms with Crippen LogP contribution in [0.4, 0.5) is 4.39 Å². The van der Waals surface area contributed by atoms with Crippen LogP contribution < -0.4 is 4.74 Å². The molecule has 1 aliphatic heterocycles. The molecule has 1 saturated heterocycles. The molecule has 8 heteroatoms. The SMILES string of the molecule is CCCN1C(=O)C(=Cc2cn(-c3ccccc3)nc2-c2cccc(OCc3ccccc3F)c2)SC1=S. The van der Waals surface area contributed by atoms with Crippen LogP contribution in [-0.4, -0.2) is 31.5 Å². The lowest BCUT2D eigenvalue weighted by Crippen LogP contribution is -2.28. The predicted molar refractivity (Wildman–Crippen MR) is 150 cm³/mol. The number of thioether (sulfide) groups is 1. The zero-order chi connectivity index (χ0) is 25.8. The smallest absolute Gasteiger partial charge is 0.266 e. The molecule has 0 spiro atoms. The van der Waals surface area contributed by atoms with Gasteiger partial charge in [-0.3, -0.25) is 9.69 Å². The van der Waals surface area contributed by atoms with Crippen molar-refractivity contribution in [3.63, 3.8) is 0 Å². The molecular weight excluding hydrogens is 505 g/mol. The third kappa shape index (κ3) is 5.50. The van der Waals surface area contributed by atoms with Crippen LogP contribution in [-0.2, 0) is 11.4 Å². The molecule has 0 aliphatic carbocycles. The van der Waals surface area contributed by atoms with E-state index < -0.39 is 0 Å². The van der Waals surface area contributed by atoms with Crippen molar-refractivity contribution in [1.29, 1.82) is 0 Å². The first-order valence-corrected chi connectivity index (χ1v) is 13.1. The van der Waals surface area contributed by atoms with Gasteiger partial charge in [0.25, 0.3) is 5.91 Å². The number of carbonyl (C=O) groups is 1. The molecule has 0 saturated carbocycles. The number of benzene rings is 3. The van der Waals surface area contributed by atoms with Crippen molar-refractivity contribution in [2.24, 2.45) is 0 Å². The summed E-state index contributed by atoms with van der Waals surface area (Å²) in [5, 5.41) is 4.86. The van der Waals surface area contributed by atoms with Crippen molar-refractivity contribution < 1.29 is 13.9 Å². The van der Waals surface area contributed by atoms with E-state index >= 15 is 0 Å². The maximum absolute atomic E-state index is 14.0. The van der Waals surface area contributed by atoms with Crippen LogP contribution in [0.25, 0.3) is 23.0 Å². The number of carbonyl (C=O) groups excluding carboxylic acids is 1. The van der Waals surface area contributed by atoms with E-state index in [4.69, 9.17) is 22.1 Å². The summed E-state index contributed by atoms with van der Waals surface area (Å²) >= 11 is 6.75. The van der Waals surface area contributed by atoms with Gasteiger partial charge in [-0.2, -0.15) is 5.10 Å². The van der Waals surface area contributed by atoms with E-state index in [2.05, 4.69) is 0 Å². The van der Waals surface area contributed by atoms with Crippen molar-refractivity contribution in [1.82, 2.24) is 14.7 Å². The summed E-state index contributed by atoms with van der Waals surface area (Å²) in [5.41, 5.74) is 3.68. The molecule has 0 unspecified atom stereocenters. The summed E-state index contributed by atoms with van der Waals surface area (Å²) in [6.45, 7) is 2.73. The van der Waals surface area contributed by atoms with Gasteiger partial charge in [0.05, 0.1) is 10.6 Å². The van der Waals surface area contributed by atoms with Gasteiger partial charge in [0.2, 0.25) is 0 Å². The van der Waals surface area contributed by atoms with Gasteiger partial charge in [-0.25, -0.2) is 9.07 Å². The summed E-state index contributed by atoms with van der Waals surface area (Å²) in [4.78, 5) is 15.2. The van der Waals surface area contributed by atoms with Crippen molar-refractivity contribution in [2.75, 3.05) is 6.54 Å². The third-order valence-corrected chi connectivity index (χ3v) is 7.21. The fourth-order valence-electron chi connectivity index (χ4n) is 4.00. The van der Waals surface area contributed by atoms with E-state index in [9.17, 15) is 9.18 Å². The van der Waals surface area contributed by atoms with E-state index in [0.717, 1.165) is 23.2 Å². The molecule has 4 aromatic rings. The molecule has 0 N–H and O–H groups in total.